The molecule has 4 rings (SSSR count). The van der Waals surface area contributed by atoms with E-state index in [4.69, 9.17) is 14.5 Å². The summed E-state index contributed by atoms with van der Waals surface area (Å²) in [6.07, 6.45) is 3.94. The highest BCUT2D eigenvalue weighted by Gasteiger charge is 2.23. The number of aromatic nitrogens is 2. The normalized spacial score (nSPS) is 13.7. The predicted molar refractivity (Wildman–Crippen MR) is 113 cm³/mol. The lowest BCUT2D eigenvalue weighted by Gasteiger charge is -2.08. The second kappa shape index (κ2) is 8.37. The van der Waals surface area contributed by atoms with Crippen LogP contribution in [0.5, 0.6) is 5.75 Å². The van der Waals surface area contributed by atoms with Gasteiger partial charge in [-0.3, -0.25) is 9.36 Å². The summed E-state index contributed by atoms with van der Waals surface area (Å²) in [4.78, 5) is 31.3. The first kappa shape index (κ1) is 19.6. The first-order valence-electron chi connectivity index (χ1n) is 9.94. The van der Waals surface area contributed by atoms with E-state index in [1.165, 1.54) is 11.3 Å². The topological polar surface area (TPSA) is 70.4 Å². The van der Waals surface area contributed by atoms with Gasteiger partial charge in [-0.1, -0.05) is 24.1 Å². The highest BCUT2D eigenvalue weighted by atomic mass is 32.1. The third-order valence-electron chi connectivity index (χ3n) is 5.20. The third kappa shape index (κ3) is 4.05. The lowest BCUT2D eigenvalue weighted by atomic mass is 10.2. The van der Waals surface area contributed by atoms with Gasteiger partial charge in [0.2, 0.25) is 0 Å². The molecule has 0 unspecified atom stereocenters. The molecule has 0 N–H and O–H groups in total. The molecule has 2 aromatic heterocycles. The van der Waals surface area contributed by atoms with Gasteiger partial charge in [-0.05, 0) is 44.4 Å². The number of ether oxygens (including phenoxy) is 2. The van der Waals surface area contributed by atoms with Crippen molar-refractivity contribution in [3.05, 3.63) is 56.4 Å². The first-order chi connectivity index (χ1) is 14.0. The molecular formula is C22H24N2O4S. The van der Waals surface area contributed by atoms with Crippen LogP contribution in [0.1, 0.15) is 45.9 Å². The van der Waals surface area contributed by atoms with Crippen molar-refractivity contribution in [2.75, 3.05) is 13.2 Å². The van der Waals surface area contributed by atoms with E-state index >= 15 is 0 Å². The van der Waals surface area contributed by atoms with Crippen molar-refractivity contribution in [1.29, 1.82) is 0 Å². The summed E-state index contributed by atoms with van der Waals surface area (Å²) in [5.41, 5.74) is 1.78. The Morgan fingerprint density at radius 3 is 2.72 bits per heavy atom. The summed E-state index contributed by atoms with van der Waals surface area (Å²) >= 11 is 1.24. The third-order valence-corrected chi connectivity index (χ3v) is 6.37. The van der Waals surface area contributed by atoms with Gasteiger partial charge in [0, 0.05) is 13.0 Å². The zero-order valence-electron chi connectivity index (χ0n) is 16.7. The molecule has 0 saturated heterocycles. The van der Waals surface area contributed by atoms with Crippen molar-refractivity contribution < 1.29 is 14.3 Å². The summed E-state index contributed by atoms with van der Waals surface area (Å²) < 4.78 is 12.8. The van der Waals surface area contributed by atoms with E-state index in [9.17, 15) is 9.59 Å². The second-order valence-electron chi connectivity index (χ2n) is 7.33. The van der Waals surface area contributed by atoms with E-state index < -0.39 is 5.97 Å². The van der Waals surface area contributed by atoms with Crippen LogP contribution in [-0.4, -0.2) is 28.7 Å². The van der Waals surface area contributed by atoms with E-state index in [0.717, 1.165) is 42.8 Å². The molecular weight excluding hydrogens is 388 g/mol. The van der Waals surface area contributed by atoms with Crippen LogP contribution in [0, 0.1) is 13.8 Å². The number of carbonyl (C=O) groups is 1. The van der Waals surface area contributed by atoms with Gasteiger partial charge in [0.05, 0.1) is 5.39 Å². The van der Waals surface area contributed by atoms with Gasteiger partial charge in [0.25, 0.3) is 5.56 Å². The number of aryl methyl sites for hydroxylation is 3. The molecule has 152 valence electrons. The summed E-state index contributed by atoms with van der Waals surface area (Å²) in [5, 5.41) is 0.545. The Hall–Kier alpha value is -2.67. The predicted octanol–water partition coefficient (Wildman–Crippen LogP) is 4.04. The molecule has 0 atom stereocenters. The number of hydrogen-bond donors (Lipinski definition) is 0. The van der Waals surface area contributed by atoms with E-state index in [2.05, 4.69) is 0 Å². The van der Waals surface area contributed by atoms with Crippen LogP contribution in [0.25, 0.3) is 10.2 Å². The van der Waals surface area contributed by atoms with Crippen LogP contribution >= 0.6 is 11.3 Å². The summed E-state index contributed by atoms with van der Waals surface area (Å²) in [6, 6.07) is 7.71. The molecule has 0 saturated carbocycles. The maximum absolute atomic E-state index is 13.0. The Balaban J connectivity index is 1.47. The van der Waals surface area contributed by atoms with Gasteiger partial charge in [-0.15, -0.1) is 11.3 Å². The first-order valence-corrected chi connectivity index (χ1v) is 10.8. The van der Waals surface area contributed by atoms with Crippen molar-refractivity contribution in [1.82, 2.24) is 9.55 Å². The van der Waals surface area contributed by atoms with Crippen molar-refractivity contribution in [3.63, 3.8) is 0 Å². The molecule has 0 bridgehead atoms. The van der Waals surface area contributed by atoms with Crippen molar-refractivity contribution in [3.8, 4) is 5.75 Å². The standard InChI is InChI=1S/C22H24N2O4S/c1-14-7-9-16(10-8-14)27-12-13-28-22(26)19-15(2)18-20(29-19)23-17-6-4-3-5-11-24(17)21(18)25/h7-10H,3-6,11-13H2,1-2H3. The van der Waals surface area contributed by atoms with E-state index in [1.807, 2.05) is 31.2 Å². The second-order valence-corrected chi connectivity index (χ2v) is 8.33. The van der Waals surface area contributed by atoms with Crippen LogP contribution in [0.3, 0.4) is 0 Å². The van der Waals surface area contributed by atoms with E-state index in [-0.39, 0.29) is 18.8 Å². The maximum atomic E-state index is 13.0. The maximum Gasteiger partial charge on any atom is 0.348 e. The quantitative estimate of drug-likeness (QED) is 0.467. The fourth-order valence-electron chi connectivity index (χ4n) is 3.60. The minimum atomic E-state index is -0.433. The molecule has 0 amide bonds. The molecule has 1 aliphatic heterocycles. The van der Waals surface area contributed by atoms with E-state index in [1.54, 1.807) is 11.5 Å². The minimum Gasteiger partial charge on any atom is -0.490 e. The Labute approximate surface area is 173 Å². The van der Waals surface area contributed by atoms with Crippen LogP contribution < -0.4 is 10.3 Å². The number of thiophene rings is 1. The summed E-state index contributed by atoms with van der Waals surface area (Å²) in [6.45, 7) is 4.92. The molecule has 0 spiro atoms. The molecule has 0 aliphatic carbocycles. The fourth-order valence-corrected chi connectivity index (χ4v) is 4.68. The Morgan fingerprint density at radius 1 is 1.14 bits per heavy atom. The molecule has 3 aromatic rings. The molecule has 3 heterocycles. The fraction of sp³-hybridized carbons (Fsp3) is 0.409. The molecule has 0 radical (unpaired) electrons. The molecule has 1 aromatic carbocycles. The highest BCUT2D eigenvalue weighted by molar-refractivity contribution is 7.20. The Bertz CT molecular complexity index is 1100. The Morgan fingerprint density at radius 2 is 1.93 bits per heavy atom. The smallest absolute Gasteiger partial charge is 0.348 e. The highest BCUT2D eigenvalue weighted by Crippen LogP contribution is 2.29. The van der Waals surface area contributed by atoms with Gasteiger partial charge in [-0.2, -0.15) is 0 Å². The molecule has 7 heteroatoms. The number of esters is 1. The van der Waals surface area contributed by atoms with Crippen LogP contribution in [0.15, 0.2) is 29.1 Å². The monoisotopic (exact) mass is 412 g/mol. The average Bonchev–Trinajstić information content (AvgIpc) is 2.88. The zero-order chi connectivity index (χ0) is 20.4. The van der Waals surface area contributed by atoms with Gasteiger partial charge in [-0.25, -0.2) is 9.78 Å². The Kier molecular flexibility index (Phi) is 5.67. The summed E-state index contributed by atoms with van der Waals surface area (Å²) in [7, 11) is 0. The van der Waals surface area contributed by atoms with Crippen molar-refractivity contribution >= 4 is 27.5 Å². The largest absolute Gasteiger partial charge is 0.490 e. The molecule has 0 fully saturated rings. The number of benzene rings is 1. The van der Waals surface area contributed by atoms with Crippen LogP contribution in [0.4, 0.5) is 0 Å². The lowest BCUT2D eigenvalue weighted by molar-refractivity contribution is 0.0455. The van der Waals surface area contributed by atoms with Gasteiger partial charge in [0.1, 0.15) is 34.5 Å². The van der Waals surface area contributed by atoms with Crippen LogP contribution in [-0.2, 0) is 17.7 Å². The van der Waals surface area contributed by atoms with Crippen LogP contribution in [0.2, 0.25) is 0 Å². The number of nitrogens with zero attached hydrogens (tertiary/aromatic N) is 2. The number of hydrogen-bond acceptors (Lipinski definition) is 6. The zero-order valence-corrected chi connectivity index (χ0v) is 17.5. The molecule has 6 nitrogen and oxygen atoms in total. The molecule has 1 aliphatic rings. The lowest BCUT2D eigenvalue weighted by Crippen LogP contribution is -2.24. The minimum absolute atomic E-state index is 0.0394. The van der Waals surface area contributed by atoms with Gasteiger partial charge < -0.3 is 9.47 Å². The average molecular weight is 413 g/mol. The van der Waals surface area contributed by atoms with Crippen molar-refractivity contribution in [2.24, 2.45) is 0 Å². The molecule has 29 heavy (non-hydrogen) atoms. The number of fused-ring (bicyclic) bond motifs is 2. The SMILES string of the molecule is Cc1ccc(OCCOC(=O)c2sc3nc4n(c(=O)c3c2C)CCCCC4)cc1. The van der Waals surface area contributed by atoms with Gasteiger partial charge >= 0.3 is 5.97 Å². The summed E-state index contributed by atoms with van der Waals surface area (Å²) in [5.74, 6) is 1.13. The number of rotatable bonds is 5. The van der Waals surface area contributed by atoms with Gasteiger partial charge in [0.15, 0.2) is 0 Å². The van der Waals surface area contributed by atoms with Crippen molar-refractivity contribution in [2.45, 2.75) is 46.1 Å². The number of carbonyl (C=O) groups excluding carboxylic acids is 1. The van der Waals surface area contributed by atoms with E-state index in [0.29, 0.717) is 27.2 Å².